The fourth-order valence-corrected chi connectivity index (χ4v) is 2.22. The van der Waals surface area contributed by atoms with E-state index in [1.807, 2.05) is 0 Å². The van der Waals surface area contributed by atoms with E-state index < -0.39 is 10.7 Å². The molecule has 0 aliphatic heterocycles. The molecule has 0 heterocycles. The van der Waals surface area contributed by atoms with Gasteiger partial charge in [0.1, 0.15) is 11.5 Å². The number of nitrogens with one attached hydrogen (secondary N) is 1. The van der Waals surface area contributed by atoms with Gasteiger partial charge in [-0.15, -0.1) is 0 Å². The third-order valence-electron chi connectivity index (χ3n) is 2.62. The van der Waals surface area contributed by atoms with Crippen molar-refractivity contribution >= 4 is 38.9 Å². The van der Waals surface area contributed by atoms with Crippen molar-refractivity contribution in [2.24, 2.45) is 0 Å². The Hall–Kier alpha value is -1.66. The minimum Gasteiger partial charge on any atom is -0.375 e. The van der Waals surface area contributed by atoms with Crippen LogP contribution in [0, 0.1) is 15.9 Å². The van der Waals surface area contributed by atoms with Crippen molar-refractivity contribution < 1.29 is 9.31 Å². The first-order valence-electron chi connectivity index (χ1n) is 5.59. The molecule has 0 radical (unpaired) electrons. The van der Waals surface area contributed by atoms with E-state index in [1.54, 1.807) is 18.2 Å². The number of nitrogens with zero attached hydrogens (tertiary/aromatic N) is 1. The summed E-state index contributed by atoms with van der Waals surface area (Å²) in [5.41, 5.74) is 1.08. The van der Waals surface area contributed by atoms with Crippen LogP contribution in [0.1, 0.15) is 5.56 Å². The van der Waals surface area contributed by atoms with E-state index in [0.717, 1.165) is 10.0 Å². The van der Waals surface area contributed by atoms with E-state index in [9.17, 15) is 14.5 Å². The van der Waals surface area contributed by atoms with Crippen LogP contribution in [0.4, 0.5) is 15.8 Å². The molecule has 0 aliphatic carbocycles. The first kappa shape index (κ1) is 14.7. The van der Waals surface area contributed by atoms with Gasteiger partial charge in [-0.2, -0.15) is 0 Å². The maximum atomic E-state index is 13.0. The summed E-state index contributed by atoms with van der Waals surface area (Å²) in [5.74, 6) is -0.496. The fraction of sp³-hybridized carbons (Fsp3) is 0.0769. The van der Waals surface area contributed by atoms with Gasteiger partial charge in [-0.3, -0.25) is 10.1 Å². The predicted molar refractivity (Wildman–Crippen MR) is 79.5 cm³/mol. The maximum absolute atomic E-state index is 13.0. The molecule has 2 rings (SSSR count). The summed E-state index contributed by atoms with van der Waals surface area (Å²) in [4.78, 5) is 10.5. The van der Waals surface area contributed by atoms with Gasteiger partial charge >= 0.3 is 0 Å². The van der Waals surface area contributed by atoms with Gasteiger partial charge in [0, 0.05) is 17.1 Å². The largest absolute Gasteiger partial charge is 0.375 e. The standard InChI is InChI=1S/C13H9BrClFN2O2/c14-9-2-4-13(18(19)20)12(6-9)17-7-8-1-3-11(16)10(15)5-8/h1-6,17H,7H2. The Labute approximate surface area is 127 Å². The highest BCUT2D eigenvalue weighted by Gasteiger charge is 2.13. The second kappa shape index (κ2) is 6.19. The molecule has 0 saturated heterocycles. The molecule has 0 aliphatic rings. The van der Waals surface area contributed by atoms with Crippen molar-refractivity contribution in [2.45, 2.75) is 6.54 Å². The smallest absolute Gasteiger partial charge is 0.292 e. The molecule has 7 heteroatoms. The molecule has 104 valence electrons. The Morgan fingerprint density at radius 3 is 2.70 bits per heavy atom. The summed E-state index contributed by atoms with van der Waals surface area (Å²) < 4.78 is 13.8. The first-order valence-corrected chi connectivity index (χ1v) is 6.76. The summed E-state index contributed by atoms with van der Waals surface area (Å²) in [6, 6.07) is 8.92. The molecule has 0 saturated carbocycles. The van der Waals surface area contributed by atoms with Gasteiger partial charge in [0.15, 0.2) is 0 Å². The van der Waals surface area contributed by atoms with Gasteiger partial charge in [0.05, 0.1) is 9.95 Å². The fourth-order valence-electron chi connectivity index (χ4n) is 1.66. The summed E-state index contributed by atoms with van der Waals surface area (Å²) in [7, 11) is 0. The van der Waals surface area contributed by atoms with Crippen molar-refractivity contribution in [3.8, 4) is 0 Å². The normalized spacial score (nSPS) is 10.3. The molecule has 0 bridgehead atoms. The molecule has 2 aromatic carbocycles. The first-order chi connectivity index (χ1) is 9.47. The molecule has 0 atom stereocenters. The van der Waals surface area contributed by atoms with Crippen molar-refractivity contribution in [1.82, 2.24) is 0 Å². The van der Waals surface area contributed by atoms with Crippen LogP contribution in [0.5, 0.6) is 0 Å². The van der Waals surface area contributed by atoms with E-state index in [1.165, 1.54) is 18.2 Å². The van der Waals surface area contributed by atoms with Crippen molar-refractivity contribution in [2.75, 3.05) is 5.32 Å². The zero-order valence-electron chi connectivity index (χ0n) is 10.1. The summed E-state index contributed by atoms with van der Waals surface area (Å²) in [5, 5.41) is 13.9. The number of nitro groups is 1. The van der Waals surface area contributed by atoms with Gasteiger partial charge in [0.25, 0.3) is 5.69 Å². The lowest BCUT2D eigenvalue weighted by Crippen LogP contribution is -2.03. The number of halogens is 3. The lowest BCUT2D eigenvalue weighted by atomic mass is 10.2. The SMILES string of the molecule is O=[N+]([O-])c1ccc(Br)cc1NCc1ccc(F)c(Cl)c1. The third kappa shape index (κ3) is 3.46. The summed E-state index contributed by atoms with van der Waals surface area (Å²) in [6.45, 7) is 0.303. The van der Waals surface area contributed by atoms with Crippen LogP contribution < -0.4 is 5.32 Å². The molecule has 4 nitrogen and oxygen atoms in total. The predicted octanol–water partition coefficient (Wildman–Crippen LogP) is 4.76. The van der Waals surface area contributed by atoms with E-state index in [4.69, 9.17) is 11.6 Å². The van der Waals surface area contributed by atoms with Crippen LogP contribution >= 0.6 is 27.5 Å². The maximum Gasteiger partial charge on any atom is 0.292 e. The Kier molecular flexibility index (Phi) is 4.57. The molecule has 2 aromatic rings. The molecule has 0 unspecified atom stereocenters. The lowest BCUT2D eigenvalue weighted by Gasteiger charge is -2.08. The highest BCUT2D eigenvalue weighted by atomic mass is 79.9. The number of nitro benzene ring substituents is 1. The Morgan fingerprint density at radius 2 is 2.05 bits per heavy atom. The van der Waals surface area contributed by atoms with Crippen LogP contribution in [0.25, 0.3) is 0 Å². The number of rotatable bonds is 4. The molecule has 0 amide bonds. The summed E-state index contributed by atoms with van der Waals surface area (Å²) >= 11 is 8.94. The highest BCUT2D eigenvalue weighted by molar-refractivity contribution is 9.10. The number of benzene rings is 2. The van der Waals surface area contributed by atoms with Gasteiger partial charge in [-0.1, -0.05) is 33.6 Å². The van der Waals surface area contributed by atoms with Crippen LogP contribution in [0.2, 0.25) is 5.02 Å². The zero-order chi connectivity index (χ0) is 14.7. The molecular formula is C13H9BrClFN2O2. The highest BCUT2D eigenvalue weighted by Crippen LogP contribution is 2.28. The van der Waals surface area contributed by atoms with Gasteiger partial charge in [-0.05, 0) is 29.8 Å². The zero-order valence-corrected chi connectivity index (χ0v) is 12.4. The molecule has 0 spiro atoms. The van der Waals surface area contributed by atoms with Crippen LogP contribution in [0.15, 0.2) is 40.9 Å². The number of hydrogen-bond donors (Lipinski definition) is 1. The molecule has 20 heavy (non-hydrogen) atoms. The minimum atomic E-state index is -0.496. The number of hydrogen-bond acceptors (Lipinski definition) is 3. The van der Waals surface area contributed by atoms with Gasteiger partial charge < -0.3 is 5.32 Å². The van der Waals surface area contributed by atoms with E-state index in [-0.39, 0.29) is 10.7 Å². The molecule has 0 aromatic heterocycles. The minimum absolute atomic E-state index is 0.0213. The Bertz CT molecular complexity index is 667. The second-order valence-corrected chi connectivity index (χ2v) is 5.34. The van der Waals surface area contributed by atoms with E-state index >= 15 is 0 Å². The van der Waals surface area contributed by atoms with Gasteiger partial charge in [-0.25, -0.2) is 4.39 Å². The average molecular weight is 360 g/mol. The van der Waals surface area contributed by atoms with E-state index in [0.29, 0.717) is 12.2 Å². The lowest BCUT2D eigenvalue weighted by molar-refractivity contribution is -0.384. The monoisotopic (exact) mass is 358 g/mol. The summed E-state index contributed by atoms with van der Waals surface area (Å²) in [6.07, 6.45) is 0. The van der Waals surface area contributed by atoms with Crippen molar-refractivity contribution in [1.29, 1.82) is 0 Å². The quantitative estimate of drug-likeness (QED) is 0.632. The van der Waals surface area contributed by atoms with Crippen LogP contribution in [0.3, 0.4) is 0 Å². The van der Waals surface area contributed by atoms with E-state index in [2.05, 4.69) is 21.2 Å². The van der Waals surface area contributed by atoms with Gasteiger partial charge in [0.2, 0.25) is 0 Å². The average Bonchev–Trinajstić information content (AvgIpc) is 2.40. The van der Waals surface area contributed by atoms with Crippen LogP contribution in [-0.2, 0) is 6.54 Å². The topological polar surface area (TPSA) is 55.2 Å². The van der Waals surface area contributed by atoms with Crippen molar-refractivity contribution in [3.05, 3.63) is 67.4 Å². The van der Waals surface area contributed by atoms with Crippen LogP contribution in [-0.4, -0.2) is 4.92 Å². The molecule has 1 N–H and O–H groups in total. The Balaban J connectivity index is 2.20. The second-order valence-electron chi connectivity index (χ2n) is 4.02. The third-order valence-corrected chi connectivity index (χ3v) is 3.41. The number of anilines is 1. The molecule has 0 fully saturated rings. The Morgan fingerprint density at radius 1 is 1.30 bits per heavy atom. The van der Waals surface area contributed by atoms with Crippen molar-refractivity contribution in [3.63, 3.8) is 0 Å². The molecular weight excluding hydrogens is 351 g/mol.